The molecule has 0 aromatic heterocycles. The van der Waals surface area contributed by atoms with Crippen LogP contribution in [0.3, 0.4) is 0 Å². The lowest BCUT2D eigenvalue weighted by Crippen LogP contribution is -2.53. The summed E-state index contributed by atoms with van der Waals surface area (Å²) >= 11 is 0. The molecule has 5 heteroatoms. The van der Waals surface area contributed by atoms with Crippen LogP contribution < -0.4 is 11.1 Å². The van der Waals surface area contributed by atoms with E-state index in [-0.39, 0.29) is 5.91 Å². The Morgan fingerprint density at radius 3 is 2.80 bits per heavy atom. The molecule has 2 heterocycles. The molecule has 5 nitrogen and oxygen atoms in total. The maximum absolute atomic E-state index is 12.5. The Morgan fingerprint density at radius 2 is 2.15 bits per heavy atom. The van der Waals surface area contributed by atoms with Crippen LogP contribution >= 0.6 is 0 Å². The van der Waals surface area contributed by atoms with Crippen molar-refractivity contribution in [2.45, 2.75) is 45.1 Å². The predicted octanol–water partition coefficient (Wildman–Crippen LogP) is 0.733. The molecular formula is C15H29N3O2. The van der Waals surface area contributed by atoms with Crippen molar-refractivity contribution in [2.24, 2.45) is 11.1 Å². The van der Waals surface area contributed by atoms with E-state index in [2.05, 4.69) is 17.1 Å². The van der Waals surface area contributed by atoms with Crippen LogP contribution in [-0.2, 0) is 9.53 Å². The molecule has 0 aliphatic carbocycles. The Kier molecular flexibility index (Phi) is 5.81. The largest absolute Gasteiger partial charge is 0.381 e. The van der Waals surface area contributed by atoms with Crippen molar-refractivity contribution in [2.75, 3.05) is 39.4 Å². The number of hydrogen-bond donors (Lipinski definition) is 2. The van der Waals surface area contributed by atoms with Crippen molar-refractivity contribution in [3.8, 4) is 0 Å². The van der Waals surface area contributed by atoms with Crippen LogP contribution in [0.5, 0.6) is 0 Å². The predicted molar refractivity (Wildman–Crippen MR) is 79.4 cm³/mol. The highest BCUT2D eigenvalue weighted by atomic mass is 16.5. The average molecular weight is 283 g/mol. The Morgan fingerprint density at radius 1 is 1.40 bits per heavy atom. The first-order valence-corrected chi connectivity index (χ1v) is 8.02. The summed E-state index contributed by atoms with van der Waals surface area (Å²) in [4.78, 5) is 15.0. The minimum atomic E-state index is -0.399. The summed E-state index contributed by atoms with van der Waals surface area (Å²) in [6, 6.07) is 0.493. The van der Waals surface area contributed by atoms with Gasteiger partial charge in [-0.1, -0.05) is 13.3 Å². The highest BCUT2D eigenvalue weighted by molar-refractivity contribution is 5.83. The number of likely N-dealkylation sites (tertiary alicyclic amines) is 1. The van der Waals surface area contributed by atoms with Crippen molar-refractivity contribution in [1.29, 1.82) is 0 Å². The molecule has 0 spiro atoms. The van der Waals surface area contributed by atoms with Gasteiger partial charge in [0.1, 0.15) is 0 Å². The summed E-state index contributed by atoms with van der Waals surface area (Å²) in [7, 11) is 0. The van der Waals surface area contributed by atoms with Crippen LogP contribution in [0, 0.1) is 5.41 Å². The monoisotopic (exact) mass is 283 g/mol. The molecule has 2 aliphatic rings. The van der Waals surface area contributed by atoms with Gasteiger partial charge in [0.2, 0.25) is 5.91 Å². The number of nitrogens with two attached hydrogens (primary N) is 1. The maximum Gasteiger partial charge on any atom is 0.227 e. The SMILES string of the molecule is CCN1CCCCC1CNC(=O)C1(CN)CCOCC1. The van der Waals surface area contributed by atoms with Gasteiger partial charge < -0.3 is 15.8 Å². The number of ether oxygens (including phenoxy) is 1. The molecule has 0 aromatic rings. The lowest BCUT2D eigenvalue weighted by Gasteiger charge is -2.38. The fourth-order valence-electron chi connectivity index (χ4n) is 3.39. The van der Waals surface area contributed by atoms with Gasteiger partial charge >= 0.3 is 0 Å². The number of rotatable bonds is 5. The summed E-state index contributed by atoms with van der Waals surface area (Å²) in [5, 5.41) is 3.16. The highest BCUT2D eigenvalue weighted by Gasteiger charge is 2.39. The second-order valence-corrected chi connectivity index (χ2v) is 6.09. The lowest BCUT2D eigenvalue weighted by molar-refractivity contribution is -0.136. The van der Waals surface area contributed by atoms with Crippen molar-refractivity contribution in [3.63, 3.8) is 0 Å². The third-order valence-corrected chi connectivity index (χ3v) is 4.98. The Bertz CT molecular complexity index is 316. The van der Waals surface area contributed by atoms with Crippen molar-refractivity contribution in [3.05, 3.63) is 0 Å². The number of nitrogens with one attached hydrogen (secondary N) is 1. The van der Waals surface area contributed by atoms with Gasteiger partial charge in [0.05, 0.1) is 5.41 Å². The van der Waals surface area contributed by atoms with Gasteiger partial charge in [0.25, 0.3) is 0 Å². The zero-order valence-electron chi connectivity index (χ0n) is 12.7. The molecule has 1 amide bonds. The number of carbonyl (C=O) groups is 1. The molecule has 2 aliphatic heterocycles. The van der Waals surface area contributed by atoms with Crippen LogP contribution in [0.15, 0.2) is 0 Å². The lowest BCUT2D eigenvalue weighted by atomic mass is 9.79. The Labute approximate surface area is 122 Å². The zero-order valence-corrected chi connectivity index (χ0v) is 12.7. The normalized spacial score (nSPS) is 27.2. The summed E-state index contributed by atoms with van der Waals surface area (Å²) < 4.78 is 5.36. The molecule has 0 bridgehead atoms. The second kappa shape index (κ2) is 7.38. The molecule has 2 saturated heterocycles. The van der Waals surface area contributed by atoms with E-state index in [9.17, 15) is 4.79 Å². The molecule has 2 rings (SSSR count). The molecule has 0 saturated carbocycles. The van der Waals surface area contributed by atoms with E-state index in [0.29, 0.717) is 25.8 Å². The van der Waals surface area contributed by atoms with E-state index in [1.54, 1.807) is 0 Å². The van der Waals surface area contributed by atoms with Crippen molar-refractivity contribution in [1.82, 2.24) is 10.2 Å². The minimum absolute atomic E-state index is 0.130. The molecule has 2 fully saturated rings. The minimum Gasteiger partial charge on any atom is -0.381 e. The molecule has 3 N–H and O–H groups in total. The van der Waals surface area contributed by atoms with Crippen molar-refractivity contribution >= 4 is 5.91 Å². The van der Waals surface area contributed by atoms with E-state index < -0.39 is 5.41 Å². The van der Waals surface area contributed by atoms with Gasteiger partial charge in [-0.05, 0) is 38.8 Å². The zero-order chi connectivity index (χ0) is 14.4. The smallest absolute Gasteiger partial charge is 0.227 e. The third-order valence-electron chi connectivity index (χ3n) is 4.98. The second-order valence-electron chi connectivity index (χ2n) is 6.09. The van der Waals surface area contributed by atoms with Gasteiger partial charge in [0, 0.05) is 32.3 Å². The molecule has 116 valence electrons. The number of hydrogen-bond acceptors (Lipinski definition) is 4. The Hall–Kier alpha value is -0.650. The summed E-state index contributed by atoms with van der Waals surface area (Å²) in [6.45, 7) is 6.90. The topological polar surface area (TPSA) is 67.6 Å². The molecular weight excluding hydrogens is 254 g/mol. The first kappa shape index (κ1) is 15.7. The number of amides is 1. The number of likely N-dealkylation sites (N-methyl/N-ethyl adjacent to an activating group) is 1. The summed E-state index contributed by atoms with van der Waals surface area (Å²) in [5.74, 6) is 0.130. The fraction of sp³-hybridized carbons (Fsp3) is 0.933. The first-order valence-electron chi connectivity index (χ1n) is 8.02. The van der Waals surface area contributed by atoms with Gasteiger partial charge in [-0.25, -0.2) is 0 Å². The highest BCUT2D eigenvalue weighted by Crippen LogP contribution is 2.29. The standard InChI is InChI=1S/C15H29N3O2/c1-2-18-8-4-3-5-13(18)11-17-14(19)15(12-16)6-9-20-10-7-15/h13H,2-12,16H2,1H3,(H,17,19). The van der Waals surface area contributed by atoms with Gasteiger partial charge in [-0.15, -0.1) is 0 Å². The van der Waals surface area contributed by atoms with Crippen LogP contribution in [0.1, 0.15) is 39.0 Å². The van der Waals surface area contributed by atoms with Crippen LogP contribution in [-0.4, -0.2) is 56.2 Å². The van der Waals surface area contributed by atoms with E-state index in [1.807, 2.05) is 0 Å². The number of carbonyl (C=O) groups excluding carboxylic acids is 1. The van der Waals surface area contributed by atoms with E-state index in [0.717, 1.165) is 32.5 Å². The van der Waals surface area contributed by atoms with Crippen LogP contribution in [0.25, 0.3) is 0 Å². The summed E-state index contributed by atoms with van der Waals surface area (Å²) in [5.41, 5.74) is 5.48. The van der Waals surface area contributed by atoms with Crippen LogP contribution in [0.4, 0.5) is 0 Å². The van der Waals surface area contributed by atoms with Gasteiger partial charge in [-0.2, -0.15) is 0 Å². The van der Waals surface area contributed by atoms with Gasteiger partial charge in [-0.3, -0.25) is 9.69 Å². The quantitative estimate of drug-likeness (QED) is 0.780. The molecule has 1 unspecified atom stereocenters. The molecule has 0 aromatic carbocycles. The van der Waals surface area contributed by atoms with Crippen LogP contribution in [0.2, 0.25) is 0 Å². The fourth-order valence-corrected chi connectivity index (χ4v) is 3.39. The Balaban J connectivity index is 1.86. The maximum atomic E-state index is 12.5. The third kappa shape index (κ3) is 3.51. The average Bonchev–Trinajstić information content (AvgIpc) is 2.53. The summed E-state index contributed by atoms with van der Waals surface area (Å²) in [6.07, 6.45) is 5.23. The molecule has 0 radical (unpaired) electrons. The first-order chi connectivity index (χ1) is 9.72. The van der Waals surface area contributed by atoms with E-state index in [4.69, 9.17) is 10.5 Å². The molecule has 1 atom stereocenters. The van der Waals surface area contributed by atoms with Crippen molar-refractivity contribution < 1.29 is 9.53 Å². The van der Waals surface area contributed by atoms with Gasteiger partial charge in [0.15, 0.2) is 0 Å². The number of nitrogens with zero attached hydrogens (tertiary/aromatic N) is 1. The number of piperidine rings is 1. The molecule has 20 heavy (non-hydrogen) atoms. The van der Waals surface area contributed by atoms with E-state index >= 15 is 0 Å². The van der Waals surface area contributed by atoms with E-state index in [1.165, 1.54) is 19.3 Å².